The van der Waals surface area contributed by atoms with Crippen molar-refractivity contribution in [1.29, 1.82) is 5.26 Å². The van der Waals surface area contributed by atoms with Crippen molar-refractivity contribution in [3.8, 4) is 6.07 Å². The summed E-state index contributed by atoms with van der Waals surface area (Å²) in [6, 6.07) is 5.42. The van der Waals surface area contributed by atoms with Crippen LogP contribution < -0.4 is 5.32 Å². The van der Waals surface area contributed by atoms with Gasteiger partial charge in [-0.3, -0.25) is 4.79 Å². The molecule has 3 nitrogen and oxygen atoms in total. The lowest BCUT2D eigenvalue weighted by Gasteiger charge is -2.13. The molecule has 0 aliphatic heterocycles. The lowest BCUT2D eigenvalue weighted by Crippen LogP contribution is -2.22. The Labute approximate surface area is 117 Å². The lowest BCUT2D eigenvalue weighted by atomic mass is 10.0. The molecule has 0 aliphatic rings. The van der Waals surface area contributed by atoms with E-state index in [9.17, 15) is 4.79 Å². The fourth-order valence-corrected chi connectivity index (χ4v) is 1.99. The molecule has 0 spiro atoms. The molecule has 0 aliphatic carbocycles. The van der Waals surface area contributed by atoms with Gasteiger partial charge in [-0.05, 0) is 25.0 Å². The number of nitrogens with one attached hydrogen (secondary N) is 1. The minimum Gasteiger partial charge on any atom is -0.322 e. The summed E-state index contributed by atoms with van der Waals surface area (Å²) in [5, 5.41) is 12.3. The van der Waals surface area contributed by atoms with Crippen LogP contribution in [0.25, 0.3) is 0 Å². The van der Waals surface area contributed by atoms with Gasteiger partial charge in [0.2, 0.25) is 5.91 Å². The van der Waals surface area contributed by atoms with Crippen LogP contribution in [-0.4, -0.2) is 5.91 Å². The highest BCUT2D eigenvalue weighted by Gasteiger charge is 2.19. The molecule has 1 rings (SSSR count). The Balaban J connectivity index is 2.95. The molecule has 96 valence electrons. The number of hydrogen-bond acceptors (Lipinski definition) is 2. The Kier molecular flexibility index (Phi) is 5.46. The zero-order valence-corrected chi connectivity index (χ0v) is 11.8. The predicted molar refractivity (Wildman–Crippen MR) is 73.8 cm³/mol. The molecular weight excluding hydrogens is 271 g/mol. The number of halogens is 2. The highest BCUT2D eigenvalue weighted by atomic mass is 35.5. The van der Waals surface area contributed by atoms with Crippen molar-refractivity contribution < 1.29 is 4.79 Å². The second-order valence-corrected chi connectivity index (χ2v) is 4.80. The van der Waals surface area contributed by atoms with E-state index >= 15 is 0 Å². The number of hydrogen-bond donors (Lipinski definition) is 1. The Morgan fingerprint density at radius 3 is 2.72 bits per heavy atom. The molecule has 0 radical (unpaired) electrons. The highest BCUT2D eigenvalue weighted by molar-refractivity contribution is 6.40. The molecule has 1 aromatic carbocycles. The smallest absolute Gasteiger partial charge is 0.241 e. The van der Waals surface area contributed by atoms with Crippen LogP contribution in [-0.2, 0) is 4.79 Å². The van der Waals surface area contributed by atoms with E-state index < -0.39 is 5.92 Å². The number of carbonyl (C=O) groups excluding carboxylic acids is 1. The SMILES string of the molecule is CCCC(C#N)C(=O)Nc1c(Cl)ccc(C)c1Cl. The standard InChI is InChI=1S/C13H14Cl2N2O/c1-3-4-9(7-16)13(18)17-12-10(14)6-5-8(2)11(12)15/h5-6,9H,3-4H2,1-2H3,(H,17,18). The van der Waals surface area contributed by atoms with Gasteiger partial charge < -0.3 is 5.32 Å². The van der Waals surface area contributed by atoms with Crippen LogP contribution in [0, 0.1) is 24.2 Å². The van der Waals surface area contributed by atoms with Crippen molar-refractivity contribution in [1.82, 2.24) is 0 Å². The number of rotatable bonds is 4. The highest BCUT2D eigenvalue weighted by Crippen LogP contribution is 2.33. The van der Waals surface area contributed by atoms with E-state index in [2.05, 4.69) is 5.32 Å². The van der Waals surface area contributed by atoms with E-state index in [1.807, 2.05) is 19.9 Å². The number of anilines is 1. The molecular formula is C13H14Cl2N2O. The molecule has 0 bridgehead atoms. The van der Waals surface area contributed by atoms with Crippen molar-refractivity contribution in [2.24, 2.45) is 5.92 Å². The molecule has 1 N–H and O–H groups in total. The van der Waals surface area contributed by atoms with Crippen LogP contribution in [0.4, 0.5) is 5.69 Å². The fourth-order valence-electron chi connectivity index (χ4n) is 1.52. The van der Waals surface area contributed by atoms with Gasteiger partial charge in [-0.1, -0.05) is 42.6 Å². The van der Waals surface area contributed by atoms with Crippen LogP contribution in [0.1, 0.15) is 25.3 Å². The molecule has 0 saturated heterocycles. The molecule has 5 heteroatoms. The summed E-state index contributed by atoms with van der Waals surface area (Å²) in [6.45, 7) is 3.74. The third-order valence-electron chi connectivity index (χ3n) is 2.58. The van der Waals surface area contributed by atoms with Crippen molar-refractivity contribution in [2.45, 2.75) is 26.7 Å². The van der Waals surface area contributed by atoms with Crippen molar-refractivity contribution >= 4 is 34.8 Å². The first-order valence-electron chi connectivity index (χ1n) is 5.66. The van der Waals surface area contributed by atoms with Gasteiger partial charge in [-0.15, -0.1) is 0 Å². The zero-order valence-electron chi connectivity index (χ0n) is 10.3. The van der Waals surface area contributed by atoms with Crippen LogP contribution >= 0.6 is 23.2 Å². The van der Waals surface area contributed by atoms with Gasteiger partial charge in [0.05, 0.1) is 21.8 Å². The Morgan fingerprint density at radius 2 is 2.17 bits per heavy atom. The number of nitriles is 1. The quantitative estimate of drug-likeness (QED) is 0.902. The maximum Gasteiger partial charge on any atom is 0.241 e. The topological polar surface area (TPSA) is 52.9 Å². The number of benzene rings is 1. The van der Waals surface area contributed by atoms with Crippen molar-refractivity contribution in [3.05, 3.63) is 27.7 Å². The Morgan fingerprint density at radius 1 is 1.50 bits per heavy atom. The largest absolute Gasteiger partial charge is 0.322 e. The maximum atomic E-state index is 11.9. The van der Waals surface area contributed by atoms with Crippen LogP contribution in [0.15, 0.2) is 12.1 Å². The Bertz CT molecular complexity index is 494. The average Bonchev–Trinajstić information content (AvgIpc) is 2.36. The number of amides is 1. The molecule has 0 heterocycles. The van der Waals surface area contributed by atoms with Gasteiger partial charge in [0, 0.05) is 0 Å². The van der Waals surface area contributed by atoms with Crippen molar-refractivity contribution in [3.63, 3.8) is 0 Å². The summed E-state index contributed by atoms with van der Waals surface area (Å²) in [5.74, 6) is -1.05. The minimum atomic E-state index is -0.678. The number of aryl methyl sites for hydroxylation is 1. The van der Waals surface area contributed by atoms with E-state index in [4.69, 9.17) is 28.5 Å². The van der Waals surface area contributed by atoms with Gasteiger partial charge in [-0.25, -0.2) is 0 Å². The molecule has 1 unspecified atom stereocenters. The summed E-state index contributed by atoms with van der Waals surface area (Å²) >= 11 is 12.1. The predicted octanol–water partition coefficient (Wildman–Crippen LogP) is 4.18. The van der Waals surface area contributed by atoms with Crippen LogP contribution in [0.3, 0.4) is 0 Å². The fraction of sp³-hybridized carbons (Fsp3) is 0.385. The van der Waals surface area contributed by atoms with E-state index in [-0.39, 0.29) is 5.91 Å². The lowest BCUT2D eigenvalue weighted by molar-refractivity contribution is -0.118. The molecule has 1 aromatic rings. The first kappa shape index (κ1) is 14.8. The zero-order chi connectivity index (χ0) is 13.7. The number of nitrogens with zero attached hydrogens (tertiary/aromatic N) is 1. The average molecular weight is 285 g/mol. The first-order chi connectivity index (χ1) is 8.51. The third-order valence-corrected chi connectivity index (χ3v) is 3.38. The molecule has 0 aromatic heterocycles. The first-order valence-corrected chi connectivity index (χ1v) is 6.42. The summed E-state index contributed by atoms with van der Waals surface area (Å²) in [6.07, 6.45) is 1.28. The normalized spacial score (nSPS) is 11.7. The number of carbonyl (C=O) groups is 1. The monoisotopic (exact) mass is 284 g/mol. The summed E-state index contributed by atoms with van der Waals surface area (Å²) in [5.41, 5.74) is 1.19. The minimum absolute atomic E-state index is 0.367. The third kappa shape index (κ3) is 3.38. The van der Waals surface area contributed by atoms with Gasteiger partial charge in [-0.2, -0.15) is 5.26 Å². The van der Waals surface area contributed by atoms with Crippen molar-refractivity contribution in [2.75, 3.05) is 5.32 Å². The van der Waals surface area contributed by atoms with Crippen LogP contribution in [0.5, 0.6) is 0 Å². The summed E-state index contributed by atoms with van der Waals surface area (Å²) < 4.78 is 0. The Hall–Kier alpha value is -1.24. The van der Waals surface area contributed by atoms with E-state index in [1.165, 1.54) is 0 Å². The second-order valence-electron chi connectivity index (χ2n) is 4.01. The molecule has 0 saturated carbocycles. The van der Waals surface area contributed by atoms with Gasteiger partial charge in [0.25, 0.3) is 0 Å². The second kappa shape index (κ2) is 6.63. The summed E-state index contributed by atoms with van der Waals surface area (Å²) in [7, 11) is 0. The molecule has 18 heavy (non-hydrogen) atoms. The van der Waals surface area contributed by atoms with Gasteiger partial charge in [0.15, 0.2) is 0 Å². The summed E-state index contributed by atoms with van der Waals surface area (Å²) in [4.78, 5) is 11.9. The van der Waals surface area contributed by atoms with E-state index in [1.54, 1.807) is 12.1 Å². The maximum absolute atomic E-state index is 11.9. The van der Waals surface area contributed by atoms with Gasteiger partial charge >= 0.3 is 0 Å². The molecule has 1 atom stereocenters. The molecule has 0 fully saturated rings. The van der Waals surface area contributed by atoms with E-state index in [0.717, 1.165) is 12.0 Å². The van der Waals surface area contributed by atoms with E-state index in [0.29, 0.717) is 22.2 Å². The molecule has 1 amide bonds. The van der Waals surface area contributed by atoms with Crippen LogP contribution in [0.2, 0.25) is 10.0 Å². The van der Waals surface area contributed by atoms with Gasteiger partial charge in [0.1, 0.15) is 5.92 Å².